The first-order valence-electron chi connectivity index (χ1n) is 4.73. The largest absolute Gasteiger partial charge is 0.0848 e. The van der Waals surface area contributed by atoms with Gasteiger partial charge in [0.05, 0.1) is 0 Å². The molecule has 0 aliphatic carbocycles. The first kappa shape index (κ1) is 13.1. The summed E-state index contributed by atoms with van der Waals surface area (Å²) in [6.45, 7) is 8.33. The third-order valence-corrected chi connectivity index (χ3v) is 1.07. The molecule has 0 spiro atoms. The van der Waals surface area contributed by atoms with Gasteiger partial charge in [0.1, 0.15) is 0 Å². The van der Waals surface area contributed by atoms with Crippen molar-refractivity contribution in [3.63, 3.8) is 0 Å². The monoisotopic (exact) mass is 154 g/mol. The van der Waals surface area contributed by atoms with Crippen molar-refractivity contribution < 1.29 is 0 Å². The Bertz CT molecular complexity index is 88.2. The van der Waals surface area contributed by atoms with Crippen LogP contribution in [-0.4, -0.2) is 0 Å². The van der Waals surface area contributed by atoms with Crippen LogP contribution >= 0.6 is 0 Å². The van der Waals surface area contributed by atoms with Crippen LogP contribution in [0, 0.1) is 0 Å². The molecule has 0 unspecified atom stereocenters. The molecule has 66 valence electrons. The maximum atomic E-state index is 2.20. The van der Waals surface area contributed by atoms with Crippen molar-refractivity contribution in [1.29, 1.82) is 0 Å². The van der Waals surface area contributed by atoms with Crippen LogP contribution in [0.15, 0.2) is 24.3 Å². The summed E-state index contributed by atoms with van der Waals surface area (Å²) in [5.74, 6) is 0. The van der Waals surface area contributed by atoms with Crippen LogP contribution in [0.1, 0.15) is 47.0 Å². The Morgan fingerprint density at radius 2 is 1.45 bits per heavy atom. The topological polar surface area (TPSA) is 0 Å². The highest BCUT2D eigenvalue weighted by molar-refractivity contribution is 5.01. The van der Waals surface area contributed by atoms with E-state index in [-0.39, 0.29) is 0 Å². The summed E-state index contributed by atoms with van der Waals surface area (Å²) in [6.07, 6.45) is 12.2. The van der Waals surface area contributed by atoms with E-state index in [2.05, 4.69) is 38.2 Å². The molecule has 0 N–H and O–H groups in total. The molecule has 0 atom stereocenters. The van der Waals surface area contributed by atoms with E-state index in [4.69, 9.17) is 0 Å². The minimum absolute atomic E-state index is 1.14. The van der Waals surface area contributed by atoms with Crippen molar-refractivity contribution in [3.05, 3.63) is 24.3 Å². The predicted molar refractivity (Wildman–Crippen MR) is 54.8 cm³/mol. The van der Waals surface area contributed by atoms with Crippen molar-refractivity contribution in [2.45, 2.75) is 47.0 Å². The zero-order valence-electron chi connectivity index (χ0n) is 8.43. The fourth-order valence-corrected chi connectivity index (χ4v) is 0.556. The van der Waals surface area contributed by atoms with E-state index in [1.807, 2.05) is 13.8 Å². The van der Waals surface area contributed by atoms with Gasteiger partial charge < -0.3 is 0 Å². The Morgan fingerprint density at radius 3 is 1.91 bits per heavy atom. The van der Waals surface area contributed by atoms with E-state index >= 15 is 0 Å². The molecule has 0 rings (SSSR count). The number of rotatable bonds is 4. The quantitative estimate of drug-likeness (QED) is 0.528. The summed E-state index contributed by atoms with van der Waals surface area (Å²) in [7, 11) is 0. The lowest BCUT2D eigenvalue weighted by molar-refractivity contribution is 0.959. The van der Waals surface area contributed by atoms with Gasteiger partial charge in [-0.25, -0.2) is 0 Å². The van der Waals surface area contributed by atoms with Gasteiger partial charge >= 0.3 is 0 Å². The zero-order chi connectivity index (χ0) is 8.95. The van der Waals surface area contributed by atoms with Gasteiger partial charge in [0, 0.05) is 0 Å². The smallest absolute Gasteiger partial charge is 0.0350 e. The first-order valence-corrected chi connectivity index (χ1v) is 4.73. The second kappa shape index (κ2) is 16.2. The lowest BCUT2D eigenvalue weighted by atomic mass is 10.3. The van der Waals surface area contributed by atoms with Gasteiger partial charge in [0.25, 0.3) is 0 Å². The highest BCUT2D eigenvalue weighted by atomic mass is 13.7. The fourth-order valence-electron chi connectivity index (χ4n) is 0.556. The maximum Gasteiger partial charge on any atom is -0.0350 e. The predicted octanol–water partition coefficient (Wildman–Crippen LogP) is 4.34. The van der Waals surface area contributed by atoms with Crippen molar-refractivity contribution in [1.82, 2.24) is 0 Å². The molecule has 0 aliphatic rings. The summed E-state index contributed by atoms with van der Waals surface area (Å²) in [5, 5.41) is 0. The van der Waals surface area contributed by atoms with Gasteiger partial charge in [0.2, 0.25) is 0 Å². The molecule has 0 heteroatoms. The Hall–Kier alpha value is -0.520. The zero-order valence-corrected chi connectivity index (χ0v) is 8.43. The van der Waals surface area contributed by atoms with Crippen LogP contribution in [0.25, 0.3) is 0 Å². The van der Waals surface area contributed by atoms with Crippen molar-refractivity contribution in [2.24, 2.45) is 0 Å². The summed E-state index contributed by atoms with van der Waals surface area (Å²) in [6, 6.07) is 0. The van der Waals surface area contributed by atoms with Crippen LogP contribution in [0.5, 0.6) is 0 Å². The normalized spacial score (nSPS) is 10.2. The van der Waals surface area contributed by atoms with Crippen LogP contribution in [0.2, 0.25) is 0 Å². The van der Waals surface area contributed by atoms with Gasteiger partial charge in [-0.05, 0) is 12.8 Å². The summed E-state index contributed by atoms with van der Waals surface area (Å²) in [5.41, 5.74) is 0. The summed E-state index contributed by atoms with van der Waals surface area (Å²) >= 11 is 0. The lowest BCUT2D eigenvalue weighted by Gasteiger charge is -1.79. The summed E-state index contributed by atoms with van der Waals surface area (Å²) in [4.78, 5) is 0. The SMILES string of the molecule is CC.CC/C=C\C=C/CCC. The van der Waals surface area contributed by atoms with E-state index < -0.39 is 0 Å². The molecule has 0 aromatic rings. The van der Waals surface area contributed by atoms with Gasteiger partial charge in [-0.3, -0.25) is 0 Å². The standard InChI is InChI=1S/C9H16.C2H6/c1-3-5-7-9-8-6-4-2;1-2/h5,7-9H,3-4,6H2,1-2H3;1-2H3/b7-5-,9-8-;. The molecule has 0 heterocycles. The van der Waals surface area contributed by atoms with Crippen LogP contribution < -0.4 is 0 Å². The molecule has 0 amide bonds. The minimum Gasteiger partial charge on any atom is -0.0848 e. The summed E-state index contributed by atoms with van der Waals surface area (Å²) < 4.78 is 0. The van der Waals surface area contributed by atoms with E-state index in [1.54, 1.807) is 0 Å². The van der Waals surface area contributed by atoms with Crippen molar-refractivity contribution in [3.8, 4) is 0 Å². The second-order valence-electron chi connectivity index (χ2n) is 2.05. The van der Waals surface area contributed by atoms with Crippen LogP contribution in [-0.2, 0) is 0 Å². The molecule has 0 radical (unpaired) electrons. The molecule has 11 heavy (non-hydrogen) atoms. The molecule has 0 aromatic carbocycles. The highest BCUT2D eigenvalue weighted by Crippen LogP contribution is 1.89. The van der Waals surface area contributed by atoms with Crippen molar-refractivity contribution in [2.75, 3.05) is 0 Å². The van der Waals surface area contributed by atoms with Gasteiger partial charge in [-0.1, -0.05) is 58.4 Å². The number of allylic oxidation sites excluding steroid dienone is 4. The first-order chi connectivity index (χ1) is 5.41. The van der Waals surface area contributed by atoms with Crippen molar-refractivity contribution >= 4 is 0 Å². The molecule has 0 bridgehead atoms. The molecule has 0 fully saturated rings. The fraction of sp³-hybridized carbons (Fsp3) is 0.636. The third-order valence-electron chi connectivity index (χ3n) is 1.07. The highest BCUT2D eigenvalue weighted by Gasteiger charge is 1.68. The van der Waals surface area contributed by atoms with E-state index in [9.17, 15) is 0 Å². The van der Waals surface area contributed by atoms with E-state index in [0.717, 1.165) is 6.42 Å². The molecule has 0 saturated heterocycles. The molecular formula is C11H22. The molecule has 0 aliphatic heterocycles. The average molecular weight is 154 g/mol. The Kier molecular flexibility index (Phi) is 19.3. The molecule has 0 nitrogen and oxygen atoms in total. The minimum atomic E-state index is 1.14. The Balaban J connectivity index is 0. The number of hydrogen-bond donors (Lipinski definition) is 0. The average Bonchev–Trinajstić information content (AvgIpc) is 2.08. The Morgan fingerprint density at radius 1 is 0.909 bits per heavy atom. The van der Waals surface area contributed by atoms with Crippen LogP contribution in [0.3, 0.4) is 0 Å². The van der Waals surface area contributed by atoms with Gasteiger partial charge in [-0.15, -0.1) is 0 Å². The van der Waals surface area contributed by atoms with E-state index in [0.29, 0.717) is 0 Å². The molecular weight excluding hydrogens is 132 g/mol. The second-order valence-corrected chi connectivity index (χ2v) is 2.05. The third kappa shape index (κ3) is 17.7. The maximum absolute atomic E-state index is 2.20. The number of hydrogen-bond acceptors (Lipinski definition) is 0. The lowest BCUT2D eigenvalue weighted by Crippen LogP contribution is -1.58. The molecule has 0 saturated carbocycles. The van der Waals surface area contributed by atoms with Gasteiger partial charge in [0.15, 0.2) is 0 Å². The van der Waals surface area contributed by atoms with E-state index in [1.165, 1.54) is 12.8 Å². The van der Waals surface area contributed by atoms with Gasteiger partial charge in [-0.2, -0.15) is 0 Å². The Labute approximate surface area is 72.0 Å². The number of unbranched alkanes of at least 4 members (excludes halogenated alkanes) is 1. The molecule has 0 aromatic heterocycles. The van der Waals surface area contributed by atoms with Crippen LogP contribution in [0.4, 0.5) is 0 Å².